The van der Waals surface area contributed by atoms with Gasteiger partial charge in [-0.1, -0.05) is 48.2 Å². The van der Waals surface area contributed by atoms with Crippen LogP contribution in [0.15, 0.2) is 72.0 Å². The smallest absolute Gasteiger partial charge is 0.236 e. The fourth-order valence-corrected chi connectivity index (χ4v) is 3.75. The molecule has 2 heterocycles. The molecule has 8 nitrogen and oxygen atoms in total. The van der Waals surface area contributed by atoms with Gasteiger partial charge in [0.2, 0.25) is 5.91 Å². The molecule has 0 aliphatic carbocycles. The maximum absolute atomic E-state index is 12.3. The number of hydrogen-bond donors (Lipinski definition) is 1. The van der Waals surface area contributed by atoms with Gasteiger partial charge in [-0.25, -0.2) is 0 Å². The number of amides is 1. The van der Waals surface area contributed by atoms with Gasteiger partial charge >= 0.3 is 0 Å². The Labute approximate surface area is 184 Å². The predicted molar refractivity (Wildman–Crippen MR) is 119 cm³/mol. The summed E-state index contributed by atoms with van der Waals surface area (Å²) < 4.78 is 9.53. The van der Waals surface area contributed by atoms with Crippen molar-refractivity contribution in [1.29, 1.82) is 0 Å². The minimum atomic E-state index is -0.163. The summed E-state index contributed by atoms with van der Waals surface area (Å²) in [6.45, 7) is 2.26. The molecule has 0 saturated carbocycles. The van der Waals surface area contributed by atoms with E-state index in [-0.39, 0.29) is 18.3 Å². The number of rotatable bonds is 8. The number of nitrogens with one attached hydrogen (secondary N) is 1. The first kappa shape index (κ1) is 20.7. The molecule has 4 aromatic rings. The lowest BCUT2D eigenvalue weighted by atomic mass is 10.2. The average molecular weight is 435 g/mol. The molecule has 0 bridgehead atoms. The van der Waals surface area contributed by atoms with Gasteiger partial charge in [0.05, 0.1) is 5.75 Å². The molecular formula is C22H22N6O2S. The van der Waals surface area contributed by atoms with Crippen LogP contribution in [0.5, 0.6) is 5.75 Å². The Morgan fingerprint density at radius 1 is 1.06 bits per heavy atom. The van der Waals surface area contributed by atoms with Crippen molar-refractivity contribution < 1.29 is 9.53 Å². The van der Waals surface area contributed by atoms with Gasteiger partial charge in [-0.2, -0.15) is 5.10 Å². The van der Waals surface area contributed by atoms with E-state index in [9.17, 15) is 4.79 Å². The number of carbonyl (C=O) groups excluding carboxylic acids is 1. The van der Waals surface area contributed by atoms with Crippen molar-refractivity contribution >= 4 is 23.5 Å². The van der Waals surface area contributed by atoms with Gasteiger partial charge in [-0.05, 0) is 30.7 Å². The molecule has 0 unspecified atom stereocenters. The first-order chi connectivity index (χ1) is 15.1. The molecule has 1 N–H and O–H groups in total. The zero-order valence-corrected chi connectivity index (χ0v) is 18.0. The molecule has 0 radical (unpaired) electrons. The first-order valence-corrected chi connectivity index (χ1v) is 10.7. The molecule has 158 valence electrons. The number of hydrogen-bond acceptors (Lipinski definition) is 6. The maximum atomic E-state index is 12.3. The highest BCUT2D eigenvalue weighted by Crippen LogP contribution is 2.24. The second-order valence-electron chi connectivity index (χ2n) is 6.84. The Balaban J connectivity index is 1.50. The van der Waals surface area contributed by atoms with Crippen LogP contribution >= 0.6 is 11.8 Å². The van der Waals surface area contributed by atoms with E-state index in [2.05, 4.69) is 20.6 Å². The monoisotopic (exact) mass is 434 g/mol. The van der Waals surface area contributed by atoms with Crippen LogP contribution < -0.4 is 10.1 Å². The van der Waals surface area contributed by atoms with Crippen molar-refractivity contribution in [1.82, 2.24) is 24.5 Å². The Morgan fingerprint density at radius 3 is 2.58 bits per heavy atom. The number of aromatic nitrogens is 5. The number of nitrogens with zero attached hydrogens (tertiary/aromatic N) is 5. The zero-order chi connectivity index (χ0) is 21.6. The van der Waals surface area contributed by atoms with E-state index in [0.717, 1.165) is 17.0 Å². The number of carbonyl (C=O) groups is 1. The van der Waals surface area contributed by atoms with Crippen molar-refractivity contribution in [2.45, 2.75) is 18.7 Å². The molecule has 31 heavy (non-hydrogen) atoms. The number of anilines is 1. The number of ether oxygens (including phenoxy) is 1. The molecule has 9 heteroatoms. The summed E-state index contributed by atoms with van der Waals surface area (Å²) in [7, 11) is 1.80. The van der Waals surface area contributed by atoms with Gasteiger partial charge in [-0.3, -0.25) is 14.0 Å². The highest BCUT2D eigenvalue weighted by atomic mass is 32.2. The molecule has 0 fully saturated rings. The Morgan fingerprint density at radius 2 is 1.84 bits per heavy atom. The Hall–Kier alpha value is -3.59. The number of para-hydroxylation sites is 2. The van der Waals surface area contributed by atoms with Crippen LogP contribution in [0, 0.1) is 6.92 Å². The van der Waals surface area contributed by atoms with E-state index in [1.807, 2.05) is 66.1 Å². The van der Waals surface area contributed by atoms with Crippen molar-refractivity contribution in [3.8, 4) is 11.4 Å². The third kappa shape index (κ3) is 5.13. The third-order valence-corrected chi connectivity index (χ3v) is 5.41. The lowest BCUT2D eigenvalue weighted by Crippen LogP contribution is -2.15. The number of thioether (sulfide) groups is 1. The second kappa shape index (κ2) is 9.48. The number of aryl methyl sites for hydroxylation is 2. The van der Waals surface area contributed by atoms with Crippen molar-refractivity contribution in [2.75, 3.05) is 11.1 Å². The molecule has 4 rings (SSSR count). The van der Waals surface area contributed by atoms with Gasteiger partial charge in [0.15, 0.2) is 16.8 Å². The predicted octanol–water partition coefficient (Wildman–Crippen LogP) is 3.62. The normalized spacial score (nSPS) is 10.8. The maximum Gasteiger partial charge on any atom is 0.236 e. The molecule has 1 amide bonds. The van der Waals surface area contributed by atoms with E-state index >= 15 is 0 Å². The fourth-order valence-electron chi connectivity index (χ4n) is 2.98. The highest BCUT2D eigenvalue weighted by Gasteiger charge is 2.17. The van der Waals surface area contributed by atoms with E-state index in [1.165, 1.54) is 11.8 Å². The standard InChI is InChI=1S/C22H22N6O2S/c1-16-8-6-7-11-18(16)30-14-20-24-25-22(28(20)17-9-4-3-5-10-17)31-15-21(29)23-19-12-13-27(2)26-19/h3-13H,14-15H2,1-2H3,(H,23,26,29). The van der Waals surface area contributed by atoms with Crippen LogP contribution in [0.25, 0.3) is 5.69 Å². The summed E-state index contributed by atoms with van der Waals surface area (Å²) in [5, 5.41) is 16.2. The van der Waals surface area contributed by atoms with Crippen molar-refractivity contribution in [3.63, 3.8) is 0 Å². The van der Waals surface area contributed by atoms with E-state index in [1.54, 1.807) is 24.0 Å². The molecule has 2 aromatic heterocycles. The largest absolute Gasteiger partial charge is 0.485 e. The topological polar surface area (TPSA) is 86.9 Å². The second-order valence-corrected chi connectivity index (χ2v) is 7.78. The molecule has 0 saturated heterocycles. The van der Waals surface area contributed by atoms with Gasteiger partial charge in [0.1, 0.15) is 12.4 Å². The third-order valence-electron chi connectivity index (χ3n) is 4.48. The van der Waals surface area contributed by atoms with E-state index < -0.39 is 0 Å². The van der Waals surface area contributed by atoms with Crippen LogP contribution in [-0.2, 0) is 18.4 Å². The summed E-state index contributed by atoms with van der Waals surface area (Å²) in [6.07, 6.45) is 1.77. The minimum absolute atomic E-state index is 0.163. The van der Waals surface area contributed by atoms with E-state index in [4.69, 9.17) is 4.74 Å². The van der Waals surface area contributed by atoms with Crippen LogP contribution in [0.1, 0.15) is 11.4 Å². The van der Waals surface area contributed by atoms with Gasteiger partial charge < -0.3 is 10.1 Å². The fraction of sp³-hybridized carbons (Fsp3) is 0.182. The lowest BCUT2D eigenvalue weighted by Gasteiger charge is -2.12. The van der Waals surface area contributed by atoms with E-state index in [0.29, 0.717) is 16.8 Å². The summed E-state index contributed by atoms with van der Waals surface area (Å²) in [5.74, 6) is 1.99. The number of benzene rings is 2. The summed E-state index contributed by atoms with van der Waals surface area (Å²) >= 11 is 1.31. The molecular weight excluding hydrogens is 412 g/mol. The molecule has 0 aliphatic heterocycles. The average Bonchev–Trinajstić information content (AvgIpc) is 3.38. The SMILES string of the molecule is Cc1ccccc1OCc1nnc(SCC(=O)Nc2ccn(C)n2)n1-c1ccccc1. The van der Waals surface area contributed by atoms with Crippen LogP contribution in [0.4, 0.5) is 5.82 Å². The van der Waals surface area contributed by atoms with Crippen molar-refractivity contribution in [3.05, 3.63) is 78.2 Å². The Kier molecular flexibility index (Phi) is 6.32. The molecule has 2 aromatic carbocycles. The summed E-state index contributed by atoms with van der Waals surface area (Å²) in [6, 6.07) is 19.4. The van der Waals surface area contributed by atoms with Crippen LogP contribution in [0.3, 0.4) is 0 Å². The summed E-state index contributed by atoms with van der Waals surface area (Å²) in [4.78, 5) is 12.3. The quantitative estimate of drug-likeness (QED) is 0.426. The van der Waals surface area contributed by atoms with Crippen LogP contribution in [0.2, 0.25) is 0 Å². The van der Waals surface area contributed by atoms with Crippen LogP contribution in [-0.4, -0.2) is 36.2 Å². The van der Waals surface area contributed by atoms with Gasteiger partial charge in [0, 0.05) is 25.0 Å². The van der Waals surface area contributed by atoms with Gasteiger partial charge in [-0.15, -0.1) is 10.2 Å². The summed E-state index contributed by atoms with van der Waals surface area (Å²) in [5.41, 5.74) is 1.96. The first-order valence-electron chi connectivity index (χ1n) is 9.70. The zero-order valence-electron chi connectivity index (χ0n) is 17.2. The molecule has 0 aliphatic rings. The molecule has 0 atom stereocenters. The Bertz CT molecular complexity index is 1170. The van der Waals surface area contributed by atoms with Gasteiger partial charge in [0.25, 0.3) is 0 Å². The lowest BCUT2D eigenvalue weighted by molar-refractivity contribution is -0.113. The molecule has 0 spiro atoms. The van der Waals surface area contributed by atoms with Crippen molar-refractivity contribution in [2.24, 2.45) is 7.05 Å². The minimum Gasteiger partial charge on any atom is -0.485 e. The highest BCUT2D eigenvalue weighted by molar-refractivity contribution is 7.99.